The van der Waals surface area contributed by atoms with E-state index in [1.807, 2.05) is 37.3 Å². The van der Waals surface area contributed by atoms with E-state index in [0.717, 1.165) is 30.9 Å². The first-order valence-corrected chi connectivity index (χ1v) is 13.8. The van der Waals surface area contributed by atoms with E-state index in [4.69, 9.17) is 9.47 Å². The second-order valence-corrected chi connectivity index (χ2v) is 10.9. The van der Waals surface area contributed by atoms with Gasteiger partial charge in [-0.3, -0.25) is 24.6 Å². The molecule has 3 aromatic carbocycles. The minimum absolute atomic E-state index is 0.0129. The van der Waals surface area contributed by atoms with E-state index in [1.54, 1.807) is 24.3 Å². The first-order chi connectivity index (χ1) is 17.7. The van der Waals surface area contributed by atoms with Crippen molar-refractivity contribution in [2.24, 2.45) is 0 Å². The Kier molecular flexibility index (Phi) is 8.87. The van der Waals surface area contributed by atoms with Gasteiger partial charge >= 0.3 is 0 Å². The second kappa shape index (κ2) is 12.1. The Morgan fingerprint density at radius 3 is 2.38 bits per heavy atom. The third-order valence-corrected chi connectivity index (χ3v) is 7.52. The number of thioether (sulfide) groups is 1. The SMILES string of the molecule is CCOc1cc(/C=C2\SC(=O)N(Cc3ccc(Br)cc3)C2=O)cc(I)c1OCc1ccc([N+](=O)[O-])cc1. The third kappa shape index (κ3) is 6.70. The van der Waals surface area contributed by atoms with Gasteiger partial charge in [0, 0.05) is 16.6 Å². The molecule has 0 N–H and O–H groups in total. The monoisotopic (exact) mass is 694 g/mol. The molecule has 3 aromatic rings. The molecule has 1 aliphatic rings. The fraction of sp³-hybridized carbons (Fsp3) is 0.154. The van der Waals surface area contributed by atoms with Crippen LogP contribution < -0.4 is 9.47 Å². The lowest BCUT2D eigenvalue weighted by molar-refractivity contribution is -0.384. The number of carbonyl (C=O) groups excluding carboxylic acids is 2. The number of benzene rings is 3. The predicted octanol–water partition coefficient (Wildman–Crippen LogP) is 7.18. The molecule has 8 nitrogen and oxygen atoms in total. The average molecular weight is 695 g/mol. The number of hydrogen-bond donors (Lipinski definition) is 0. The number of nitro groups is 1. The van der Waals surface area contributed by atoms with E-state index in [-0.39, 0.29) is 30.0 Å². The lowest BCUT2D eigenvalue weighted by atomic mass is 10.1. The normalized spacial score (nSPS) is 14.4. The molecule has 0 aromatic heterocycles. The van der Waals surface area contributed by atoms with Crippen molar-refractivity contribution in [1.29, 1.82) is 0 Å². The number of ether oxygens (including phenoxy) is 2. The van der Waals surface area contributed by atoms with E-state index in [9.17, 15) is 19.7 Å². The van der Waals surface area contributed by atoms with Crippen molar-refractivity contribution in [3.63, 3.8) is 0 Å². The molecule has 0 bridgehead atoms. The number of rotatable bonds is 9. The summed E-state index contributed by atoms with van der Waals surface area (Å²) in [6.07, 6.45) is 1.68. The minimum Gasteiger partial charge on any atom is -0.490 e. The zero-order valence-electron chi connectivity index (χ0n) is 19.5. The van der Waals surface area contributed by atoms with Crippen LogP contribution in [0.4, 0.5) is 10.5 Å². The van der Waals surface area contributed by atoms with Crippen LogP contribution in [0.2, 0.25) is 0 Å². The number of halogens is 2. The third-order valence-electron chi connectivity index (χ3n) is 5.29. The zero-order valence-corrected chi connectivity index (χ0v) is 24.0. The van der Waals surface area contributed by atoms with Crippen molar-refractivity contribution < 1.29 is 24.0 Å². The summed E-state index contributed by atoms with van der Waals surface area (Å²) in [5, 5.41) is 10.5. The Morgan fingerprint density at radius 1 is 1.05 bits per heavy atom. The Hall–Kier alpha value is -2.90. The summed E-state index contributed by atoms with van der Waals surface area (Å²) in [6, 6.07) is 17.2. The Morgan fingerprint density at radius 2 is 1.73 bits per heavy atom. The van der Waals surface area contributed by atoms with Crippen molar-refractivity contribution in [1.82, 2.24) is 4.90 Å². The molecule has 0 spiro atoms. The van der Waals surface area contributed by atoms with Crippen LogP contribution in [-0.2, 0) is 17.9 Å². The number of amides is 2. The lowest BCUT2D eigenvalue weighted by Gasteiger charge is -2.15. The maximum absolute atomic E-state index is 13.0. The van der Waals surface area contributed by atoms with Gasteiger partial charge in [0.15, 0.2) is 11.5 Å². The molecule has 0 unspecified atom stereocenters. The standard InChI is InChI=1S/C26H20BrIN2O6S/c1-2-35-22-12-18(11-21(28)24(22)36-15-17-5-9-20(10-6-17)30(33)34)13-23-25(31)29(26(32)37-23)14-16-3-7-19(27)8-4-16/h3-13H,2,14-15H2,1H3/b23-13-. The van der Waals surface area contributed by atoms with E-state index in [2.05, 4.69) is 38.5 Å². The molecule has 1 heterocycles. The van der Waals surface area contributed by atoms with Crippen molar-refractivity contribution in [2.45, 2.75) is 20.1 Å². The zero-order chi connectivity index (χ0) is 26.5. The predicted molar refractivity (Wildman–Crippen MR) is 153 cm³/mol. The van der Waals surface area contributed by atoms with Crippen LogP contribution in [0.15, 0.2) is 70.0 Å². The molecule has 1 fully saturated rings. The van der Waals surface area contributed by atoms with Gasteiger partial charge < -0.3 is 9.47 Å². The molecular weight excluding hydrogens is 675 g/mol. The number of nitrogens with zero attached hydrogens (tertiary/aromatic N) is 2. The summed E-state index contributed by atoms with van der Waals surface area (Å²) in [4.78, 5) is 37.5. The highest BCUT2D eigenvalue weighted by Crippen LogP contribution is 2.38. The molecule has 0 radical (unpaired) electrons. The molecule has 1 aliphatic heterocycles. The number of imide groups is 1. The molecule has 1 saturated heterocycles. The van der Waals surface area contributed by atoms with Crippen LogP contribution in [-0.4, -0.2) is 27.6 Å². The van der Waals surface area contributed by atoms with Gasteiger partial charge in [-0.2, -0.15) is 0 Å². The number of nitro benzene ring substituents is 1. The smallest absolute Gasteiger partial charge is 0.293 e. The van der Waals surface area contributed by atoms with Gasteiger partial charge in [0.2, 0.25) is 0 Å². The maximum atomic E-state index is 13.0. The van der Waals surface area contributed by atoms with Crippen molar-refractivity contribution in [3.05, 3.63) is 100 Å². The first-order valence-electron chi connectivity index (χ1n) is 11.1. The number of non-ortho nitro benzene ring substituents is 1. The van der Waals surface area contributed by atoms with Gasteiger partial charge in [0.1, 0.15) is 6.61 Å². The van der Waals surface area contributed by atoms with E-state index < -0.39 is 4.92 Å². The molecular formula is C26H20BrIN2O6S. The lowest BCUT2D eigenvalue weighted by Crippen LogP contribution is -2.27. The van der Waals surface area contributed by atoms with Crippen LogP contribution in [0.1, 0.15) is 23.6 Å². The second-order valence-electron chi connectivity index (χ2n) is 7.87. The Bertz CT molecular complexity index is 1380. The topological polar surface area (TPSA) is 99.0 Å². The van der Waals surface area contributed by atoms with Crippen LogP contribution in [0.5, 0.6) is 11.5 Å². The van der Waals surface area contributed by atoms with E-state index in [0.29, 0.717) is 28.6 Å². The maximum Gasteiger partial charge on any atom is 0.293 e. The largest absolute Gasteiger partial charge is 0.490 e. The molecule has 37 heavy (non-hydrogen) atoms. The number of hydrogen-bond acceptors (Lipinski definition) is 7. The fourth-order valence-electron chi connectivity index (χ4n) is 3.50. The van der Waals surface area contributed by atoms with Gasteiger partial charge in [-0.05, 0) is 100 Å². The summed E-state index contributed by atoms with van der Waals surface area (Å²) in [5.74, 6) is 0.683. The average Bonchev–Trinajstić information content (AvgIpc) is 3.12. The van der Waals surface area contributed by atoms with Crippen LogP contribution in [0.3, 0.4) is 0 Å². The molecule has 0 aliphatic carbocycles. The van der Waals surface area contributed by atoms with Crippen molar-refractivity contribution in [2.75, 3.05) is 6.61 Å². The molecule has 2 amide bonds. The summed E-state index contributed by atoms with van der Waals surface area (Å²) in [6.45, 7) is 2.65. The molecule has 190 valence electrons. The summed E-state index contributed by atoms with van der Waals surface area (Å²) in [5.41, 5.74) is 2.34. The van der Waals surface area contributed by atoms with E-state index >= 15 is 0 Å². The molecule has 0 saturated carbocycles. The van der Waals surface area contributed by atoms with Crippen LogP contribution in [0, 0.1) is 13.7 Å². The highest BCUT2D eigenvalue weighted by atomic mass is 127. The van der Waals surface area contributed by atoms with E-state index in [1.165, 1.54) is 17.0 Å². The van der Waals surface area contributed by atoms with Gasteiger partial charge in [0.05, 0.1) is 26.6 Å². The quantitative estimate of drug-likeness (QED) is 0.101. The van der Waals surface area contributed by atoms with Crippen LogP contribution >= 0.6 is 50.3 Å². The van der Waals surface area contributed by atoms with Crippen molar-refractivity contribution >= 4 is 73.2 Å². The summed E-state index contributed by atoms with van der Waals surface area (Å²) < 4.78 is 13.5. The Labute approximate surface area is 239 Å². The molecule has 11 heteroatoms. The van der Waals surface area contributed by atoms with Crippen LogP contribution in [0.25, 0.3) is 6.08 Å². The minimum atomic E-state index is -0.449. The molecule has 0 atom stereocenters. The Balaban J connectivity index is 1.52. The summed E-state index contributed by atoms with van der Waals surface area (Å²) >= 11 is 6.42. The van der Waals surface area contributed by atoms with Gasteiger partial charge in [0.25, 0.3) is 16.8 Å². The fourth-order valence-corrected chi connectivity index (χ4v) is 5.39. The first kappa shape index (κ1) is 27.1. The van der Waals surface area contributed by atoms with Gasteiger partial charge in [-0.15, -0.1) is 0 Å². The highest BCUT2D eigenvalue weighted by Gasteiger charge is 2.35. The van der Waals surface area contributed by atoms with Gasteiger partial charge in [-0.25, -0.2) is 0 Å². The highest BCUT2D eigenvalue weighted by molar-refractivity contribution is 14.1. The number of carbonyl (C=O) groups is 2. The molecule has 4 rings (SSSR count). The van der Waals surface area contributed by atoms with Gasteiger partial charge in [-0.1, -0.05) is 28.1 Å². The summed E-state index contributed by atoms with van der Waals surface area (Å²) in [7, 11) is 0. The van der Waals surface area contributed by atoms with Crippen molar-refractivity contribution in [3.8, 4) is 11.5 Å².